The quantitative estimate of drug-likeness (QED) is 0.765. The van der Waals surface area contributed by atoms with Crippen molar-refractivity contribution in [2.45, 2.75) is 31.1 Å². The van der Waals surface area contributed by atoms with Crippen molar-refractivity contribution in [2.75, 3.05) is 19.6 Å². The highest BCUT2D eigenvalue weighted by molar-refractivity contribution is 7.89. The Labute approximate surface area is 166 Å². The Bertz CT molecular complexity index is 955. The van der Waals surface area contributed by atoms with Crippen molar-refractivity contribution < 1.29 is 22.0 Å². The van der Waals surface area contributed by atoms with Crippen LogP contribution in [-0.2, 0) is 21.2 Å². The summed E-state index contributed by atoms with van der Waals surface area (Å²) in [5, 5.41) is 5.80. The number of piperidine rings is 1. The summed E-state index contributed by atoms with van der Waals surface area (Å²) in [6, 6.07) is 2.40. The molecule has 152 valence electrons. The van der Waals surface area contributed by atoms with Crippen LogP contribution in [0.5, 0.6) is 0 Å². The first-order chi connectivity index (χ1) is 13.3. The fraction of sp³-hybridized carbons (Fsp3) is 0.444. The van der Waals surface area contributed by atoms with Crippen LogP contribution in [0.1, 0.15) is 23.5 Å². The molecule has 0 bridgehead atoms. The second-order valence-corrected chi connectivity index (χ2v) is 9.62. The third-order valence-corrected chi connectivity index (χ3v) is 7.44. The largest absolute Gasteiger partial charge is 0.355 e. The number of carbonyl (C=O) groups is 1. The monoisotopic (exact) mass is 429 g/mol. The molecule has 1 aliphatic heterocycles. The number of aryl methyl sites for hydroxylation is 1. The second-order valence-electron chi connectivity index (χ2n) is 6.65. The van der Waals surface area contributed by atoms with Crippen molar-refractivity contribution in [1.82, 2.24) is 14.6 Å². The Morgan fingerprint density at radius 2 is 2.04 bits per heavy atom. The molecule has 1 fully saturated rings. The van der Waals surface area contributed by atoms with Gasteiger partial charge in [0.15, 0.2) is 0 Å². The molecule has 3 rings (SSSR count). The molecule has 0 saturated carbocycles. The number of thiazole rings is 1. The topological polar surface area (TPSA) is 79.4 Å². The molecule has 0 unspecified atom stereocenters. The number of hydrogen-bond donors (Lipinski definition) is 1. The van der Waals surface area contributed by atoms with Gasteiger partial charge in [-0.3, -0.25) is 4.79 Å². The van der Waals surface area contributed by atoms with Crippen LogP contribution >= 0.6 is 11.3 Å². The van der Waals surface area contributed by atoms with E-state index in [1.54, 1.807) is 11.3 Å². The highest BCUT2D eigenvalue weighted by atomic mass is 32.2. The minimum atomic E-state index is -4.06. The van der Waals surface area contributed by atoms with Crippen molar-refractivity contribution in [1.29, 1.82) is 0 Å². The van der Waals surface area contributed by atoms with Gasteiger partial charge in [0.2, 0.25) is 15.9 Å². The van der Waals surface area contributed by atoms with E-state index >= 15 is 0 Å². The fourth-order valence-electron chi connectivity index (χ4n) is 3.16. The number of carbonyl (C=O) groups excluding carboxylic acids is 1. The summed E-state index contributed by atoms with van der Waals surface area (Å²) >= 11 is 1.56. The summed E-state index contributed by atoms with van der Waals surface area (Å²) in [6.45, 7) is 2.62. The van der Waals surface area contributed by atoms with Crippen molar-refractivity contribution in [3.8, 4) is 0 Å². The average molecular weight is 430 g/mol. The lowest BCUT2D eigenvalue weighted by Crippen LogP contribution is -2.43. The zero-order chi connectivity index (χ0) is 20.3. The molecule has 2 aromatic rings. The van der Waals surface area contributed by atoms with E-state index in [1.807, 2.05) is 12.3 Å². The van der Waals surface area contributed by atoms with E-state index < -0.39 is 26.6 Å². The molecule has 6 nitrogen and oxygen atoms in total. The number of benzene rings is 1. The number of aromatic nitrogens is 1. The molecule has 0 spiro atoms. The molecule has 1 saturated heterocycles. The van der Waals surface area contributed by atoms with Gasteiger partial charge in [-0.1, -0.05) is 0 Å². The van der Waals surface area contributed by atoms with Gasteiger partial charge in [-0.05, 0) is 31.9 Å². The fourth-order valence-corrected chi connectivity index (χ4v) is 5.33. The maximum atomic E-state index is 13.9. The van der Waals surface area contributed by atoms with Crippen LogP contribution in [0.15, 0.2) is 28.5 Å². The van der Waals surface area contributed by atoms with Gasteiger partial charge in [0.25, 0.3) is 0 Å². The lowest BCUT2D eigenvalue weighted by Gasteiger charge is -2.30. The first kappa shape index (κ1) is 20.8. The molecule has 0 radical (unpaired) electrons. The highest BCUT2D eigenvalue weighted by Gasteiger charge is 2.33. The number of nitrogens with one attached hydrogen (secondary N) is 1. The number of rotatable bonds is 6. The predicted octanol–water partition coefficient (Wildman–Crippen LogP) is 2.49. The van der Waals surface area contributed by atoms with Crippen LogP contribution < -0.4 is 5.32 Å². The Hall–Kier alpha value is -1.91. The standard InChI is InChI=1S/C18H21F2N3O3S2/c1-12-22-15(11-27-12)4-7-21-18(24)13-5-8-23(9-6-13)28(25,26)17-3-2-14(19)10-16(17)20/h2-3,10-11,13H,4-9H2,1H3,(H,21,24). The summed E-state index contributed by atoms with van der Waals surface area (Å²) in [7, 11) is -4.06. The molecule has 1 N–H and O–H groups in total. The van der Waals surface area contributed by atoms with E-state index in [4.69, 9.17) is 0 Å². The van der Waals surface area contributed by atoms with Crippen molar-refractivity contribution in [3.05, 3.63) is 45.9 Å². The number of amides is 1. The van der Waals surface area contributed by atoms with Gasteiger partial charge in [0, 0.05) is 43.4 Å². The van der Waals surface area contributed by atoms with Crippen molar-refractivity contribution in [2.24, 2.45) is 5.92 Å². The van der Waals surface area contributed by atoms with E-state index in [9.17, 15) is 22.0 Å². The predicted molar refractivity (Wildman–Crippen MR) is 101 cm³/mol. The lowest BCUT2D eigenvalue weighted by atomic mass is 9.97. The maximum Gasteiger partial charge on any atom is 0.245 e. The molecule has 1 amide bonds. The Kier molecular flexibility index (Phi) is 6.41. The average Bonchev–Trinajstić information content (AvgIpc) is 3.06. The first-order valence-corrected chi connectivity index (χ1v) is 11.2. The normalized spacial score (nSPS) is 16.2. The summed E-state index contributed by atoms with van der Waals surface area (Å²) < 4.78 is 53.2. The Morgan fingerprint density at radius 3 is 2.64 bits per heavy atom. The highest BCUT2D eigenvalue weighted by Crippen LogP contribution is 2.25. The minimum Gasteiger partial charge on any atom is -0.355 e. The SMILES string of the molecule is Cc1nc(CCNC(=O)C2CCN(S(=O)(=O)c3ccc(F)cc3F)CC2)cs1. The van der Waals surface area contributed by atoms with Crippen molar-refractivity contribution >= 4 is 27.3 Å². The van der Waals surface area contributed by atoms with Crippen LogP contribution in [0.3, 0.4) is 0 Å². The van der Waals surface area contributed by atoms with Crippen LogP contribution in [-0.4, -0.2) is 43.2 Å². The lowest BCUT2D eigenvalue weighted by molar-refractivity contribution is -0.126. The number of nitrogens with zero attached hydrogens (tertiary/aromatic N) is 2. The molecule has 1 aliphatic rings. The Morgan fingerprint density at radius 1 is 1.32 bits per heavy atom. The summed E-state index contributed by atoms with van der Waals surface area (Å²) in [4.78, 5) is 16.1. The van der Waals surface area contributed by atoms with E-state index in [0.717, 1.165) is 27.1 Å². The van der Waals surface area contributed by atoms with Crippen LogP contribution in [0.25, 0.3) is 0 Å². The molecule has 1 aromatic heterocycles. The molecule has 1 aromatic carbocycles. The van der Waals surface area contributed by atoms with E-state index in [-0.39, 0.29) is 24.9 Å². The second kappa shape index (κ2) is 8.62. The van der Waals surface area contributed by atoms with E-state index in [1.165, 1.54) is 0 Å². The van der Waals surface area contributed by atoms with Crippen LogP contribution in [0.4, 0.5) is 8.78 Å². The molecule has 28 heavy (non-hydrogen) atoms. The van der Waals surface area contributed by atoms with Gasteiger partial charge in [-0.2, -0.15) is 4.31 Å². The Balaban J connectivity index is 1.52. The number of halogens is 2. The third-order valence-electron chi connectivity index (χ3n) is 4.68. The van der Waals surface area contributed by atoms with Gasteiger partial charge in [0.1, 0.15) is 16.5 Å². The number of sulfonamides is 1. The molecule has 0 aliphatic carbocycles. The molecule has 2 heterocycles. The molecular formula is C18H21F2N3O3S2. The maximum absolute atomic E-state index is 13.9. The zero-order valence-electron chi connectivity index (χ0n) is 15.3. The molecule has 10 heteroatoms. The molecular weight excluding hydrogens is 408 g/mol. The van der Waals surface area contributed by atoms with Gasteiger partial charge >= 0.3 is 0 Å². The van der Waals surface area contributed by atoms with Gasteiger partial charge < -0.3 is 5.32 Å². The number of hydrogen-bond acceptors (Lipinski definition) is 5. The molecule has 0 atom stereocenters. The minimum absolute atomic E-state index is 0.114. The third kappa shape index (κ3) is 4.73. The van der Waals surface area contributed by atoms with Gasteiger partial charge in [-0.25, -0.2) is 22.2 Å². The van der Waals surface area contributed by atoms with Crippen molar-refractivity contribution in [3.63, 3.8) is 0 Å². The zero-order valence-corrected chi connectivity index (χ0v) is 17.0. The van der Waals surface area contributed by atoms with Gasteiger partial charge in [-0.15, -0.1) is 11.3 Å². The summed E-state index contributed by atoms with van der Waals surface area (Å²) in [5.41, 5.74) is 0.935. The summed E-state index contributed by atoms with van der Waals surface area (Å²) in [6.07, 6.45) is 1.35. The van der Waals surface area contributed by atoms with Crippen LogP contribution in [0, 0.1) is 24.5 Å². The van der Waals surface area contributed by atoms with Crippen LogP contribution in [0.2, 0.25) is 0 Å². The smallest absolute Gasteiger partial charge is 0.245 e. The first-order valence-electron chi connectivity index (χ1n) is 8.91. The summed E-state index contributed by atoms with van der Waals surface area (Å²) in [5.74, 6) is -2.35. The van der Waals surface area contributed by atoms with Gasteiger partial charge in [0.05, 0.1) is 10.7 Å². The van der Waals surface area contributed by atoms with E-state index in [0.29, 0.717) is 31.9 Å². The van der Waals surface area contributed by atoms with E-state index in [2.05, 4.69) is 10.3 Å².